The lowest BCUT2D eigenvalue weighted by Crippen LogP contribution is -2.28. The van der Waals surface area contributed by atoms with Crippen molar-refractivity contribution >= 4 is 28.5 Å². The molecule has 0 spiro atoms. The van der Waals surface area contributed by atoms with E-state index in [1.807, 2.05) is 24.3 Å². The summed E-state index contributed by atoms with van der Waals surface area (Å²) in [4.78, 5) is 11.3. The number of furan rings is 1. The van der Waals surface area contributed by atoms with Gasteiger partial charge in [-0.15, -0.1) is 11.6 Å². The molecule has 84 valence electrons. The van der Waals surface area contributed by atoms with Crippen LogP contribution in [0.25, 0.3) is 11.0 Å². The maximum absolute atomic E-state index is 11.3. The Morgan fingerprint density at radius 2 is 2.31 bits per heavy atom. The van der Waals surface area contributed by atoms with Gasteiger partial charge in [-0.2, -0.15) is 0 Å². The van der Waals surface area contributed by atoms with Gasteiger partial charge in [0.15, 0.2) is 0 Å². The molecule has 1 heterocycles. The minimum atomic E-state index is -0.507. The van der Waals surface area contributed by atoms with Crippen LogP contribution >= 0.6 is 11.6 Å². The Bertz CT molecular complexity index is 504. The summed E-state index contributed by atoms with van der Waals surface area (Å²) in [5.41, 5.74) is 1.82. The Morgan fingerprint density at radius 3 is 3.06 bits per heavy atom. The predicted octanol–water partition coefficient (Wildman–Crippen LogP) is 2.68. The summed E-state index contributed by atoms with van der Waals surface area (Å²) < 4.78 is 5.27. The fraction of sp³-hybridized carbons (Fsp3) is 0.250. The molecule has 0 saturated carbocycles. The Kier molecular flexibility index (Phi) is 3.15. The Morgan fingerprint density at radius 1 is 1.50 bits per heavy atom. The molecule has 1 N–H and O–H groups in total. The van der Waals surface area contributed by atoms with Gasteiger partial charge in [-0.05, 0) is 24.6 Å². The van der Waals surface area contributed by atoms with E-state index in [1.165, 1.54) is 0 Å². The SMILES string of the molecule is CC(Cl)C(=O)NCc1ccc2ccoc2c1. The highest BCUT2D eigenvalue weighted by Gasteiger charge is 2.08. The fourth-order valence-corrected chi connectivity index (χ4v) is 1.52. The molecule has 0 aliphatic carbocycles. The number of amides is 1. The molecule has 1 aromatic heterocycles. The number of halogens is 1. The van der Waals surface area contributed by atoms with Gasteiger partial charge in [-0.1, -0.05) is 12.1 Å². The maximum Gasteiger partial charge on any atom is 0.238 e. The molecule has 3 nitrogen and oxygen atoms in total. The normalized spacial score (nSPS) is 12.6. The van der Waals surface area contributed by atoms with Gasteiger partial charge in [0.1, 0.15) is 11.0 Å². The van der Waals surface area contributed by atoms with Crippen LogP contribution in [0.1, 0.15) is 12.5 Å². The number of carbonyl (C=O) groups excluding carboxylic acids is 1. The largest absolute Gasteiger partial charge is 0.464 e. The minimum Gasteiger partial charge on any atom is -0.464 e. The summed E-state index contributed by atoms with van der Waals surface area (Å²) in [6.07, 6.45) is 1.65. The van der Waals surface area contributed by atoms with Crippen LogP contribution in [0.15, 0.2) is 34.9 Å². The van der Waals surface area contributed by atoms with Crippen LogP contribution in [0.2, 0.25) is 0 Å². The van der Waals surface area contributed by atoms with Crippen molar-refractivity contribution in [3.8, 4) is 0 Å². The Labute approximate surface area is 98.4 Å². The summed E-state index contributed by atoms with van der Waals surface area (Å²) >= 11 is 5.64. The molecule has 2 rings (SSSR count). The van der Waals surface area contributed by atoms with Crippen LogP contribution in [0.4, 0.5) is 0 Å². The van der Waals surface area contributed by atoms with Gasteiger partial charge in [-0.3, -0.25) is 4.79 Å². The first-order valence-electron chi connectivity index (χ1n) is 5.05. The Hall–Kier alpha value is -1.48. The van der Waals surface area contributed by atoms with Gasteiger partial charge in [-0.25, -0.2) is 0 Å². The van der Waals surface area contributed by atoms with Crippen LogP contribution in [-0.4, -0.2) is 11.3 Å². The van der Waals surface area contributed by atoms with E-state index >= 15 is 0 Å². The average molecular weight is 238 g/mol. The van der Waals surface area contributed by atoms with Crippen LogP contribution < -0.4 is 5.32 Å². The van der Waals surface area contributed by atoms with Crippen LogP contribution in [0, 0.1) is 0 Å². The van der Waals surface area contributed by atoms with E-state index in [9.17, 15) is 4.79 Å². The van der Waals surface area contributed by atoms with E-state index in [0.29, 0.717) is 6.54 Å². The van der Waals surface area contributed by atoms with Crippen molar-refractivity contribution in [3.63, 3.8) is 0 Å². The summed E-state index contributed by atoms with van der Waals surface area (Å²) in [7, 11) is 0. The standard InChI is InChI=1S/C12H12ClNO2/c1-8(13)12(15)14-7-9-2-3-10-4-5-16-11(10)6-9/h2-6,8H,7H2,1H3,(H,14,15). The van der Waals surface area contributed by atoms with Crippen LogP contribution in [0.5, 0.6) is 0 Å². The van der Waals surface area contributed by atoms with E-state index in [1.54, 1.807) is 13.2 Å². The highest BCUT2D eigenvalue weighted by atomic mass is 35.5. The molecule has 0 saturated heterocycles. The second kappa shape index (κ2) is 4.58. The average Bonchev–Trinajstić information content (AvgIpc) is 2.72. The lowest BCUT2D eigenvalue weighted by atomic mass is 10.2. The molecule has 0 fully saturated rings. The molecular formula is C12H12ClNO2. The van der Waals surface area contributed by atoms with Gasteiger partial charge in [0.05, 0.1) is 6.26 Å². The summed E-state index contributed by atoms with van der Waals surface area (Å²) in [5, 5.41) is 3.29. The van der Waals surface area contributed by atoms with Gasteiger partial charge in [0.25, 0.3) is 0 Å². The van der Waals surface area contributed by atoms with E-state index in [-0.39, 0.29) is 5.91 Å². The maximum atomic E-state index is 11.3. The molecule has 0 radical (unpaired) electrons. The van der Waals surface area contributed by atoms with Crippen molar-refractivity contribution < 1.29 is 9.21 Å². The van der Waals surface area contributed by atoms with Gasteiger partial charge in [0.2, 0.25) is 5.91 Å². The zero-order chi connectivity index (χ0) is 11.5. The molecule has 0 bridgehead atoms. The molecule has 16 heavy (non-hydrogen) atoms. The van der Waals surface area contributed by atoms with E-state index in [0.717, 1.165) is 16.5 Å². The highest BCUT2D eigenvalue weighted by Crippen LogP contribution is 2.16. The monoisotopic (exact) mass is 237 g/mol. The van der Waals surface area contributed by atoms with Gasteiger partial charge >= 0.3 is 0 Å². The number of rotatable bonds is 3. The minimum absolute atomic E-state index is 0.166. The van der Waals surface area contributed by atoms with E-state index < -0.39 is 5.38 Å². The summed E-state index contributed by atoms with van der Waals surface area (Å²) in [6, 6.07) is 7.73. The van der Waals surface area contributed by atoms with E-state index in [4.69, 9.17) is 16.0 Å². The second-order valence-corrected chi connectivity index (χ2v) is 4.28. The first kappa shape index (κ1) is 11.0. The topological polar surface area (TPSA) is 42.2 Å². The summed E-state index contributed by atoms with van der Waals surface area (Å²) in [5.74, 6) is -0.166. The first-order valence-corrected chi connectivity index (χ1v) is 5.48. The second-order valence-electron chi connectivity index (χ2n) is 3.63. The third-order valence-corrected chi connectivity index (χ3v) is 2.55. The van der Waals surface area contributed by atoms with Crippen LogP contribution in [-0.2, 0) is 11.3 Å². The van der Waals surface area contributed by atoms with Crippen molar-refractivity contribution in [2.45, 2.75) is 18.8 Å². The van der Waals surface area contributed by atoms with Crippen molar-refractivity contribution in [2.75, 3.05) is 0 Å². The van der Waals surface area contributed by atoms with Crippen molar-refractivity contribution in [2.24, 2.45) is 0 Å². The number of carbonyl (C=O) groups is 1. The lowest BCUT2D eigenvalue weighted by molar-refractivity contribution is -0.120. The number of fused-ring (bicyclic) bond motifs is 1. The Balaban J connectivity index is 2.06. The molecule has 0 aliphatic heterocycles. The predicted molar refractivity (Wildman–Crippen MR) is 63.4 cm³/mol. The molecule has 1 aromatic carbocycles. The quantitative estimate of drug-likeness (QED) is 0.834. The zero-order valence-electron chi connectivity index (χ0n) is 8.87. The van der Waals surface area contributed by atoms with Gasteiger partial charge in [0, 0.05) is 11.9 Å². The van der Waals surface area contributed by atoms with Crippen LogP contribution in [0.3, 0.4) is 0 Å². The molecular weight excluding hydrogens is 226 g/mol. The molecule has 1 atom stereocenters. The third-order valence-electron chi connectivity index (χ3n) is 2.35. The van der Waals surface area contributed by atoms with Crippen molar-refractivity contribution in [3.05, 3.63) is 36.1 Å². The van der Waals surface area contributed by atoms with Gasteiger partial charge < -0.3 is 9.73 Å². The number of hydrogen-bond donors (Lipinski definition) is 1. The first-order chi connectivity index (χ1) is 7.66. The molecule has 1 amide bonds. The molecule has 1 unspecified atom stereocenters. The number of hydrogen-bond acceptors (Lipinski definition) is 2. The van der Waals surface area contributed by atoms with Crippen molar-refractivity contribution in [1.29, 1.82) is 0 Å². The number of nitrogens with one attached hydrogen (secondary N) is 1. The number of benzene rings is 1. The smallest absolute Gasteiger partial charge is 0.238 e. The molecule has 4 heteroatoms. The lowest BCUT2D eigenvalue weighted by Gasteiger charge is -2.06. The third kappa shape index (κ3) is 2.36. The molecule has 0 aliphatic rings. The molecule has 2 aromatic rings. The highest BCUT2D eigenvalue weighted by molar-refractivity contribution is 6.30. The zero-order valence-corrected chi connectivity index (χ0v) is 9.62. The summed E-state index contributed by atoms with van der Waals surface area (Å²) in [6.45, 7) is 2.11. The fourth-order valence-electron chi connectivity index (χ4n) is 1.44. The van der Waals surface area contributed by atoms with E-state index in [2.05, 4.69) is 5.32 Å². The van der Waals surface area contributed by atoms with Crippen molar-refractivity contribution in [1.82, 2.24) is 5.32 Å². The number of alkyl halides is 1.